The summed E-state index contributed by atoms with van der Waals surface area (Å²) in [5, 5.41) is 8.28. The molecule has 1 aromatic carbocycles. The molecule has 1 aliphatic carbocycles. The van der Waals surface area contributed by atoms with Crippen LogP contribution in [0.4, 0.5) is 0 Å². The Bertz CT molecular complexity index is 751. The summed E-state index contributed by atoms with van der Waals surface area (Å²) < 4.78 is 1.88. The molecular weight excluding hydrogens is 324 g/mol. The highest BCUT2D eigenvalue weighted by Crippen LogP contribution is 2.42. The third-order valence-corrected chi connectivity index (χ3v) is 4.85. The number of rotatable bonds is 6. The minimum Gasteiger partial charge on any atom is -0.340 e. The van der Waals surface area contributed by atoms with Crippen LogP contribution < -0.4 is 5.32 Å². The lowest BCUT2D eigenvalue weighted by atomic mass is 10.1. The van der Waals surface area contributed by atoms with E-state index in [1.54, 1.807) is 11.1 Å². The molecule has 1 aliphatic rings. The van der Waals surface area contributed by atoms with Gasteiger partial charge in [0.15, 0.2) is 0 Å². The zero-order valence-corrected chi connectivity index (χ0v) is 15.1. The zero-order valence-electron chi connectivity index (χ0n) is 14.3. The minimum atomic E-state index is 0.0246. The van der Waals surface area contributed by atoms with Gasteiger partial charge in [0.05, 0.1) is 23.1 Å². The largest absolute Gasteiger partial charge is 0.340 e. The average molecular weight is 347 g/mol. The molecule has 24 heavy (non-hydrogen) atoms. The summed E-state index contributed by atoms with van der Waals surface area (Å²) in [5.74, 6) is 0.431. The van der Waals surface area contributed by atoms with E-state index in [1.165, 1.54) is 0 Å². The van der Waals surface area contributed by atoms with Gasteiger partial charge in [-0.05, 0) is 44.5 Å². The van der Waals surface area contributed by atoms with Crippen molar-refractivity contribution in [3.05, 3.63) is 46.2 Å². The van der Waals surface area contributed by atoms with Crippen molar-refractivity contribution in [1.82, 2.24) is 20.0 Å². The molecule has 0 radical (unpaired) electrons. The van der Waals surface area contributed by atoms with E-state index in [-0.39, 0.29) is 5.91 Å². The Hall–Kier alpha value is -1.85. The molecule has 1 amide bonds. The number of hydrogen-bond acceptors (Lipinski definition) is 3. The fourth-order valence-electron chi connectivity index (χ4n) is 2.78. The molecule has 3 rings (SSSR count). The van der Waals surface area contributed by atoms with Gasteiger partial charge in [0.2, 0.25) is 0 Å². The predicted molar refractivity (Wildman–Crippen MR) is 96.2 cm³/mol. The van der Waals surface area contributed by atoms with Crippen molar-refractivity contribution in [2.45, 2.75) is 25.7 Å². The van der Waals surface area contributed by atoms with Gasteiger partial charge in [-0.1, -0.05) is 17.7 Å². The summed E-state index contributed by atoms with van der Waals surface area (Å²) in [4.78, 5) is 14.5. The first-order valence-electron chi connectivity index (χ1n) is 8.27. The predicted octanol–water partition coefficient (Wildman–Crippen LogP) is 3.00. The van der Waals surface area contributed by atoms with E-state index in [9.17, 15) is 4.79 Å². The number of hydrogen-bond donors (Lipinski definition) is 1. The van der Waals surface area contributed by atoms with Crippen LogP contribution in [-0.2, 0) is 0 Å². The molecule has 128 valence electrons. The van der Waals surface area contributed by atoms with Crippen LogP contribution in [0, 0.1) is 6.92 Å². The number of halogens is 1. The molecule has 5 nitrogen and oxygen atoms in total. The number of likely N-dealkylation sites (N-methyl/N-ethyl adjacent to an activating group) is 2. The molecule has 1 fully saturated rings. The molecule has 1 heterocycles. The molecule has 1 N–H and O–H groups in total. The fourth-order valence-corrected chi connectivity index (χ4v) is 2.95. The van der Waals surface area contributed by atoms with Crippen molar-refractivity contribution in [2.75, 3.05) is 27.2 Å². The molecular formula is C18H23ClN4O. The van der Waals surface area contributed by atoms with Crippen LogP contribution in [0.5, 0.6) is 0 Å². The Morgan fingerprint density at radius 1 is 1.46 bits per heavy atom. The first-order chi connectivity index (χ1) is 11.5. The highest BCUT2D eigenvalue weighted by Gasteiger charge is 2.33. The van der Waals surface area contributed by atoms with Crippen LogP contribution in [0.1, 0.15) is 40.4 Å². The van der Waals surface area contributed by atoms with Crippen molar-refractivity contribution in [2.24, 2.45) is 0 Å². The van der Waals surface area contributed by atoms with Gasteiger partial charge in [-0.25, -0.2) is 4.68 Å². The van der Waals surface area contributed by atoms with Crippen LogP contribution in [0.3, 0.4) is 0 Å². The summed E-state index contributed by atoms with van der Waals surface area (Å²) in [5.41, 5.74) is 3.65. The Labute approximate surface area is 147 Å². The summed E-state index contributed by atoms with van der Waals surface area (Å²) in [6.45, 7) is 3.41. The Morgan fingerprint density at radius 2 is 2.21 bits per heavy atom. The number of nitrogens with one attached hydrogen (secondary N) is 1. The molecule has 0 aliphatic heterocycles. The lowest BCUT2D eigenvalue weighted by Crippen LogP contribution is -2.33. The van der Waals surface area contributed by atoms with Crippen LogP contribution in [0.15, 0.2) is 24.4 Å². The first-order valence-corrected chi connectivity index (χ1v) is 8.65. The second kappa shape index (κ2) is 6.95. The molecule has 6 heteroatoms. The standard InChI is InChI=1S/C18H23ClN4O/c1-12-4-7-14(10-16(12)19)23-17(13-5-6-13)15(11-21-23)18(24)22(3)9-8-20-2/h4,7,10-11,13,20H,5-6,8-9H2,1-3H3. The highest BCUT2D eigenvalue weighted by atomic mass is 35.5. The van der Waals surface area contributed by atoms with Gasteiger partial charge < -0.3 is 10.2 Å². The average Bonchev–Trinajstić information content (AvgIpc) is 3.32. The molecule has 0 unspecified atom stereocenters. The van der Waals surface area contributed by atoms with E-state index in [0.717, 1.165) is 36.3 Å². The molecule has 1 saturated carbocycles. The number of amides is 1. The van der Waals surface area contributed by atoms with Gasteiger partial charge in [0.25, 0.3) is 5.91 Å². The molecule has 0 bridgehead atoms. The Balaban J connectivity index is 1.96. The van der Waals surface area contributed by atoms with Gasteiger partial charge in [-0.3, -0.25) is 4.79 Å². The maximum Gasteiger partial charge on any atom is 0.257 e. The van der Waals surface area contributed by atoms with Crippen LogP contribution in [0.2, 0.25) is 5.02 Å². The quantitative estimate of drug-likeness (QED) is 0.874. The molecule has 1 aromatic heterocycles. The van der Waals surface area contributed by atoms with Crippen LogP contribution in [-0.4, -0.2) is 47.8 Å². The van der Waals surface area contributed by atoms with Crippen molar-refractivity contribution in [3.8, 4) is 5.69 Å². The number of carbonyl (C=O) groups is 1. The van der Waals surface area contributed by atoms with Gasteiger partial charge in [-0.15, -0.1) is 0 Å². The van der Waals surface area contributed by atoms with Gasteiger partial charge in [0.1, 0.15) is 0 Å². The van der Waals surface area contributed by atoms with Crippen molar-refractivity contribution < 1.29 is 4.79 Å². The van der Waals surface area contributed by atoms with Crippen molar-refractivity contribution >= 4 is 17.5 Å². The number of benzene rings is 1. The maximum atomic E-state index is 12.8. The monoisotopic (exact) mass is 346 g/mol. The van der Waals surface area contributed by atoms with E-state index >= 15 is 0 Å². The first kappa shape index (κ1) is 17.0. The fraction of sp³-hybridized carbons (Fsp3) is 0.444. The second-order valence-corrected chi connectivity index (χ2v) is 6.80. The number of aromatic nitrogens is 2. The lowest BCUT2D eigenvalue weighted by Gasteiger charge is -2.17. The van der Waals surface area contributed by atoms with Gasteiger partial charge in [0, 0.05) is 31.1 Å². The molecule has 0 saturated heterocycles. The summed E-state index contributed by atoms with van der Waals surface area (Å²) in [6, 6.07) is 5.89. The number of nitrogens with zero attached hydrogens (tertiary/aromatic N) is 3. The normalized spacial score (nSPS) is 14.0. The molecule has 0 atom stereocenters. The minimum absolute atomic E-state index is 0.0246. The summed E-state index contributed by atoms with van der Waals surface area (Å²) in [7, 11) is 3.71. The molecule has 2 aromatic rings. The van der Waals surface area contributed by atoms with Gasteiger partial charge in [-0.2, -0.15) is 5.10 Å². The Morgan fingerprint density at radius 3 is 2.83 bits per heavy atom. The second-order valence-electron chi connectivity index (χ2n) is 6.39. The smallest absolute Gasteiger partial charge is 0.257 e. The summed E-state index contributed by atoms with van der Waals surface area (Å²) >= 11 is 6.27. The number of carbonyl (C=O) groups excluding carboxylic acids is 1. The third kappa shape index (κ3) is 3.32. The van der Waals surface area contributed by atoms with E-state index in [4.69, 9.17) is 11.6 Å². The van der Waals surface area contributed by atoms with E-state index in [1.807, 2.05) is 43.9 Å². The van der Waals surface area contributed by atoms with Crippen LogP contribution >= 0.6 is 11.6 Å². The zero-order chi connectivity index (χ0) is 17.3. The van der Waals surface area contributed by atoms with Crippen LogP contribution in [0.25, 0.3) is 5.69 Å². The van der Waals surface area contributed by atoms with E-state index in [0.29, 0.717) is 23.0 Å². The number of aryl methyl sites for hydroxylation is 1. The lowest BCUT2D eigenvalue weighted by molar-refractivity contribution is 0.0795. The maximum absolute atomic E-state index is 12.8. The summed E-state index contributed by atoms with van der Waals surface area (Å²) in [6.07, 6.45) is 3.90. The SMILES string of the molecule is CNCCN(C)C(=O)c1cnn(-c2ccc(C)c(Cl)c2)c1C1CC1. The third-order valence-electron chi connectivity index (χ3n) is 4.44. The highest BCUT2D eigenvalue weighted by molar-refractivity contribution is 6.31. The molecule has 0 spiro atoms. The van der Waals surface area contributed by atoms with Gasteiger partial charge >= 0.3 is 0 Å². The Kier molecular flexibility index (Phi) is 4.92. The van der Waals surface area contributed by atoms with Crippen molar-refractivity contribution in [1.29, 1.82) is 0 Å². The topological polar surface area (TPSA) is 50.2 Å². The van der Waals surface area contributed by atoms with E-state index in [2.05, 4.69) is 10.4 Å². The van der Waals surface area contributed by atoms with E-state index < -0.39 is 0 Å². The van der Waals surface area contributed by atoms with Crippen molar-refractivity contribution in [3.63, 3.8) is 0 Å².